The zero-order valence-corrected chi connectivity index (χ0v) is 9.64. The van der Waals surface area contributed by atoms with Crippen LogP contribution in [0.1, 0.15) is 26.7 Å². The number of amides is 1. The van der Waals surface area contributed by atoms with Gasteiger partial charge in [0, 0.05) is 25.5 Å². The van der Waals surface area contributed by atoms with Gasteiger partial charge >= 0.3 is 5.97 Å². The lowest BCUT2D eigenvalue weighted by Crippen LogP contribution is -2.44. The van der Waals surface area contributed by atoms with Gasteiger partial charge in [-0.1, -0.05) is 13.8 Å². The molecule has 0 saturated heterocycles. The number of carbonyl (C=O) groups excluding carboxylic acids is 1. The van der Waals surface area contributed by atoms with Crippen molar-refractivity contribution in [1.29, 1.82) is 0 Å². The molecule has 0 aromatic heterocycles. The number of carboxylic acid groups (broad SMARTS) is 1. The van der Waals surface area contributed by atoms with E-state index in [1.165, 1.54) is 0 Å². The molecule has 2 unspecified atom stereocenters. The average molecular weight is 232 g/mol. The van der Waals surface area contributed by atoms with Crippen molar-refractivity contribution in [2.45, 2.75) is 38.8 Å². The van der Waals surface area contributed by atoms with Crippen molar-refractivity contribution < 1.29 is 19.8 Å². The Kier molecular flexibility index (Phi) is 6.67. The van der Waals surface area contributed by atoms with Crippen molar-refractivity contribution in [1.82, 2.24) is 5.32 Å². The summed E-state index contributed by atoms with van der Waals surface area (Å²) in [4.78, 5) is 22.1. The highest BCUT2D eigenvalue weighted by atomic mass is 16.4. The number of hydrogen-bond acceptors (Lipinski definition) is 4. The molecule has 2 atom stereocenters. The van der Waals surface area contributed by atoms with Crippen molar-refractivity contribution in [3.05, 3.63) is 0 Å². The molecule has 6 heteroatoms. The number of carboxylic acids is 1. The van der Waals surface area contributed by atoms with Crippen LogP contribution >= 0.6 is 0 Å². The SMILES string of the molecule is CC(C)C(N)CC(=O)NC(CCO)C(=O)O. The van der Waals surface area contributed by atoms with Crippen LogP contribution in [0, 0.1) is 5.92 Å². The molecule has 16 heavy (non-hydrogen) atoms. The molecule has 6 nitrogen and oxygen atoms in total. The van der Waals surface area contributed by atoms with E-state index in [2.05, 4.69) is 5.32 Å². The second-order valence-corrected chi connectivity index (χ2v) is 4.08. The van der Waals surface area contributed by atoms with Crippen LogP contribution in [0.3, 0.4) is 0 Å². The molecule has 94 valence electrons. The lowest BCUT2D eigenvalue weighted by Gasteiger charge is -2.17. The molecule has 0 aliphatic heterocycles. The van der Waals surface area contributed by atoms with Crippen LogP contribution in [-0.4, -0.2) is 40.8 Å². The first kappa shape index (κ1) is 14.9. The summed E-state index contributed by atoms with van der Waals surface area (Å²) in [5, 5.41) is 19.7. The molecule has 0 spiro atoms. The Balaban J connectivity index is 4.14. The molecular formula is C10H20N2O4. The van der Waals surface area contributed by atoms with Crippen LogP contribution in [0.5, 0.6) is 0 Å². The Labute approximate surface area is 94.8 Å². The van der Waals surface area contributed by atoms with Gasteiger partial charge in [-0.3, -0.25) is 4.79 Å². The Morgan fingerprint density at radius 2 is 1.94 bits per heavy atom. The lowest BCUT2D eigenvalue weighted by molar-refractivity contribution is -0.142. The standard InChI is InChI=1S/C10H20N2O4/c1-6(2)7(11)5-9(14)12-8(3-4-13)10(15)16/h6-8,13H,3-5,11H2,1-2H3,(H,12,14)(H,15,16). The van der Waals surface area contributed by atoms with Crippen molar-refractivity contribution in [3.8, 4) is 0 Å². The molecule has 0 aromatic rings. The van der Waals surface area contributed by atoms with E-state index in [0.29, 0.717) is 0 Å². The highest BCUT2D eigenvalue weighted by Gasteiger charge is 2.21. The highest BCUT2D eigenvalue weighted by Crippen LogP contribution is 2.03. The van der Waals surface area contributed by atoms with Crippen LogP contribution in [0.15, 0.2) is 0 Å². The Bertz CT molecular complexity index is 243. The maximum Gasteiger partial charge on any atom is 0.326 e. The van der Waals surface area contributed by atoms with Crippen LogP contribution in [0.2, 0.25) is 0 Å². The number of carbonyl (C=O) groups is 2. The Morgan fingerprint density at radius 3 is 2.31 bits per heavy atom. The molecule has 0 fully saturated rings. The van der Waals surface area contributed by atoms with Gasteiger partial charge in [0.25, 0.3) is 0 Å². The highest BCUT2D eigenvalue weighted by molar-refractivity contribution is 5.83. The summed E-state index contributed by atoms with van der Waals surface area (Å²) < 4.78 is 0. The molecule has 5 N–H and O–H groups in total. The van der Waals surface area contributed by atoms with E-state index in [-0.39, 0.29) is 31.4 Å². The second kappa shape index (κ2) is 7.19. The first-order valence-electron chi connectivity index (χ1n) is 5.27. The fourth-order valence-corrected chi connectivity index (χ4v) is 1.09. The van der Waals surface area contributed by atoms with E-state index in [4.69, 9.17) is 15.9 Å². The monoisotopic (exact) mass is 232 g/mol. The van der Waals surface area contributed by atoms with Gasteiger partial charge in [0.15, 0.2) is 0 Å². The molecular weight excluding hydrogens is 212 g/mol. The van der Waals surface area contributed by atoms with E-state index >= 15 is 0 Å². The maximum atomic E-state index is 11.4. The minimum Gasteiger partial charge on any atom is -0.480 e. The van der Waals surface area contributed by atoms with Crippen LogP contribution < -0.4 is 11.1 Å². The lowest BCUT2D eigenvalue weighted by atomic mass is 10.0. The number of nitrogens with one attached hydrogen (secondary N) is 1. The molecule has 0 aromatic carbocycles. The van der Waals surface area contributed by atoms with Crippen molar-refractivity contribution >= 4 is 11.9 Å². The molecule has 0 heterocycles. The van der Waals surface area contributed by atoms with Gasteiger partial charge in [-0.25, -0.2) is 4.79 Å². The van der Waals surface area contributed by atoms with Gasteiger partial charge in [0.1, 0.15) is 6.04 Å². The first-order chi connectivity index (χ1) is 7.38. The summed E-state index contributed by atoms with van der Waals surface area (Å²) in [6, 6.07) is -1.33. The minimum atomic E-state index is -1.15. The number of aliphatic hydroxyl groups excluding tert-OH is 1. The smallest absolute Gasteiger partial charge is 0.326 e. The predicted octanol–water partition coefficient (Wildman–Crippen LogP) is -0.688. The van der Waals surface area contributed by atoms with Gasteiger partial charge in [-0.15, -0.1) is 0 Å². The van der Waals surface area contributed by atoms with E-state index in [1.54, 1.807) is 0 Å². The van der Waals surface area contributed by atoms with Crippen LogP contribution in [-0.2, 0) is 9.59 Å². The summed E-state index contributed by atoms with van der Waals surface area (Å²) in [6.07, 6.45) is 0.0882. The molecule has 0 aliphatic rings. The van der Waals surface area contributed by atoms with Gasteiger partial charge in [0.2, 0.25) is 5.91 Å². The fourth-order valence-electron chi connectivity index (χ4n) is 1.09. The van der Waals surface area contributed by atoms with Gasteiger partial charge in [0.05, 0.1) is 0 Å². The van der Waals surface area contributed by atoms with Gasteiger partial charge < -0.3 is 21.3 Å². The van der Waals surface area contributed by atoms with Gasteiger partial charge in [-0.05, 0) is 5.92 Å². The predicted molar refractivity (Wildman–Crippen MR) is 58.7 cm³/mol. The molecule has 0 saturated carbocycles. The summed E-state index contributed by atoms with van der Waals surface area (Å²) >= 11 is 0. The fraction of sp³-hybridized carbons (Fsp3) is 0.800. The molecule has 0 bridgehead atoms. The Hall–Kier alpha value is -1.14. The summed E-state index contributed by atoms with van der Waals surface area (Å²) in [5.41, 5.74) is 5.69. The van der Waals surface area contributed by atoms with E-state index in [9.17, 15) is 9.59 Å². The number of aliphatic hydroxyl groups is 1. The zero-order chi connectivity index (χ0) is 12.7. The molecule has 1 amide bonds. The Morgan fingerprint density at radius 1 is 1.38 bits per heavy atom. The summed E-state index contributed by atoms with van der Waals surface area (Å²) in [5.74, 6) is -1.39. The quantitative estimate of drug-likeness (QED) is 0.464. The third kappa shape index (κ3) is 5.67. The normalized spacial score (nSPS) is 14.6. The minimum absolute atomic E-state index is 0.00199. The molecule has 0 rings (SSSR count). The number of aliphatic carboxylic acids is 1. The summed E-state index contributed by atoms with van der Waals surface area (Å²) in [6.45, 7) is 3.49. The van der Waals surface area contributed by atoms with Crippen molar-refractivity contribution in [2.24, 2.45) is 11.7 Å². The van der Waals surface area contributed by atoms with E-state index in [1.807, 2.05) is 13.8 Å². The average Bonchev–Trinajstić information content (AvgIpc) is 2.16. The van der Waals surface area contributed by atoms with E-state index in [0.717, 1.165) is 0 Å². The van der Waals surface area contributed by atoms with Crippen molar-refractivity contribution in [2.75, 3.05) is 6.61 Å². The maximum absolute atomic E-state index is 11.4. The number of rotatable bonds is 7. The third-order valence-electron chi connectivity index (χ3n) is 2.33. The first-order valence-corrected chi connectivity index (χ1v) is 5.27. The number of nitrogens with two attached hydrogens (primary N) is 1. The van der Waals surface area contributed by atoms with Crippen LogP contribution in [0.4, 0.5) is 0 Å². The molecule has 0 aliphatic carbocycles. The zero-order valence-electron chi connectivity index (χ0n) is 9.64. The van der Waals surface area contributed by atoms with Crippen molar-refractivity contribution in [3.63, 3.8) is 0 Å². The summed E-state index contributed by atoms with van der Waals surface area (Å²) in [7, 11) is 0. The third-order valence-corrected chi connectivity index (χ3v) is 2.33. The largest absolute Gasteiger partial charge is 0.480 e. The topological polar surface area (TPSA) is 113 Å². The van der Waals surface area contributed by atoms with E-state index < -0.39 is 17.9 Å². The second-order valence-electron chi connectivity index (χ2n) is 4.08. The van der Waals surface area contributed by atoms with Gasteiger partial charge in [-0.2, -0.15) is 0 Å². The van der Waals surface area contributed by atoms with Crippen LogP contribution in [0.25, 0.3) is 0 Å². The number of hydrogen-bond donors (Lipinski definition) is 4. The molecule has 0 radical (unpaired) electrons.